The zero-order valence-corrected chi connectivity index (χ0v) is 14.1. The van der Waals surface area contributed by atoms with Gasteiger partial charge in [-0.25, -0.2) is 0 Å². The van der Waals surface area contributed by atoms with E-state index in [2.05, 4.69) is 18.9 Å². The number of nitrogens with zero attached hydrogens (tertiary/aromatic N) is 2. The number of nitrogens with one attached hydrogen (secondary N) is 1. The van der Waals surface area contributed by atoms with E-state index in [9.17, 15) is 0 Å². The van der Waals surface area contributed by atoms with E-state index in [1.54, 1.807) is 38.4 Å². The summed E-state index contributed by atoms with van der Waals surface area (Å²) >= 11 is 11.9. The molecule has 5 heteroatoms. The molecule has 0 unspecified atom stereocenters. The van der Waals surface area contributed by atoms with Crippen LogP contribution in [0.1, 0.15) is 45.6 Å². The van der Waals surface area contributed by atoms with Gasteiger partial charge in [0.15, 0.2) is 0 Å². The van der Waals surface area contributed by atoms with E-state index in [1.165, 1.54) is 24.3 Å². The topological polar surface area (TPSA) is 39.5 Å². The maximum Gasteiger partial charge on any atom is 0.113 e. The first-order valence-corrected chi connectivity index (χ1v) is 7.46. The van der Waals surface area contributed by atoms with Crippen molar-refractivity contribution >= 4 is 35.3 Å². The molecule has 0 saturated heterocycles. The molecule has 0 fully saturated rings. The highest BCUT2D eigenvalue weighted by atomic mass is 35.5. The first-order valence-electron chi connectivity index (χ1n) is 6.70. The number of unbranched alkanes of at least 4 members (excludes halogenated alkanes) is 2. The first kappa shape index (κ1) is 18.9. The average molecular weight is 316 g/mol. The standard InChI is InChI=1S/C10H11Cl2N3.C5H12/c1-7(13)15(2)14-6-8-9(11)4-3-5-10(8)12;1-3-5-4-2/h3-6,13H,1-2H3;3-5H2,1-2H3/b13-7?,14-6+;. The molecule has 3 nitrogen and oxygen atoms in total. The van der Waals surface area contributed by atoms with Crippen LogP contribution < -0.4 is 0 Å². The molecule has 0 radical (unpaired) electrons. The molecule has 0 amide bonds. The Morgan fingerprint density at radius 2 is 1.75 bits per heavy atom. The number of hydrazone groups is 1. The summed E-state index contributed by atoms with van der Waals surface area (Å²) < 4.78 is 0. The Morgan fingerprint density at radius 3 is 2.10 bits per heavy atom. The van der Waals surface area contributed by atoms with E-state index in [0.717, 1.165) is 0 Å². The molecule has 20 heavy (non-hydrogen) atoms. The van der Waals surface area contributed by atoms with Crippen LogP contribution in [0.3, 0.4) is 0 Å². The Labute approximate surface area is 132 Å². The van der Waals surface area contributed by atoms with Crippen molar-refractivity contribution in [1.29, 1.82) is 5.41 Å². The Kier molecular flexibility index (Phi) is 10.1. The average Bonchev–Trinajstić information content (AvgIpc) is 2.39. The van der Waals surface area contributed by atoms with Gasteiger partial charge in [-0.3, -0.25) is 10.4 Å². The predicted octanol–water partition coefficient (Wildman–Crippen LogP) is 5.45. The summed E-state index contributed by atoms with van der Waals surface area (Å²) in [6, 6.07) is 5.26. The third-order valence-electron chi connectivity index (χ3n) is 2.55. The fourth-order valence-corrected chi connectivity index (χ4v) is 1.71. The number of benzene rings is 1. The third kappa shape index (κ3) is 7.51. The highest BCUT2D eigenvalue weighted by molar-refractivity contribution is 6.38. The Morgan fingerprint density at radius 1 is 1.25 bits per heavy atom. The lowest BCUT2D eigenvalue weighted by Gasteiger charge is -2.09. The van der Waals surface area contributed by atoms with Gasteiger partial charge in [-0.1, -0.05) is 62.4 Å². The lowest BCUT2D eigenvalue weighted by Crippen LogP contribution is -2.16. The molecule has 1 aromatic rings. The predicted molar refractivity (Wildman–Crippen MR) is 90.4 cm³/mol. The number of rotatable bonds is 4. The molecule has 0 saturated carbocycles. The summed E-state index contributed by atoms with van der Waals surface area (Å²) in [5, 5.41) is 13.9. The van der Waals surface area contributed by atoms with Crippen molar-refractivity contribution in [3.8, 4) is 0 Å². The second-order valence-electron chi connectivity index (χ2n) is 4.34. The number of hydrogen-bond donors (Lipinski definition) is 1. The van der Waals surface area contributed by atoms with Crippen LogP contribution in [0, 0.1) is 5.41 Å². The molecule has 1 aromatic carbocycles. The van der Waals surface area contributed by atoms with Crippen LogP contribution in [-0.2, 0) is 0 Å². The van der Waals surface area contributed by atoms with Crippen LogP contribution in [0.25, 0.3) is 0 Å². The second kappa shape index (κ2) is 10.7. The van der Waals surface area contributed by atoms with E-state index in [0.29, 0.717) is 21.4 Å². The maximum absolute atomic E-state index is 7.32. The van der Waals surface area contributed by atoms with Crippen molar-refractivity contribution in [2.45, 2.75) is 40.0 Å². The van der Waals surface area contributed by atoms with Gasteiger partial charge >= 0.3 is 0 Å². The van der Waals surface area contributed by atoms with Gasteiger partial charge in [-0.2, -0.15) is 5.10 Å². The Balaban J connectivity index is 0.000000621. The summed E-state index contributed by atoms with van der Waals surface area (Å²) in [5.74, 6) is 0.342. The summed E-state index contributed by atoms with van der Waals surface area (Å²) in [6.45, 7) is 6.07. The van der Waals surface area contributed by atoms with Crippen molar-refractivity contribution < 1.29 is 0 Å². The van der Waals surface area contributed by atoms with Gasteiger partial charge in [-0.15, -0.1) is 0 Å². The molecule has 0 heterocycles. The highest BCUT2D eigenvalue weighted by Crippen LogP contribution is 2.22. The molecule has 0 aliphatic rings. The van der Waals surface area contributed by atoms with E-state index in [-0.39, 0.29) is 0 Å². The summed E-state index contributed by atoms with van der Waals surface area (Å²) in [4.78, 5) is 0. The van der Waals surface area contributed by atoms with Crippen molar-refractivity contribution in [2.75, 3.05) is 7.05 Å². The van der Waals surface area contributed by atoms with Crippen LogP contribution in [0.4, 0.5) is 0 Å². The van der Waals surface area contributed by atoms with Crippen LogP contribution in [0.5, 0.6) is 0 Å². The minimum absolute atomic E-state index is 0.342. The Hall–Kier alpha value is -1.06. The van der Waals surface area contributed by atoms with Crippen molar-refractivity contribution in [3.63, 3.8) is 0 Å². The highest BCUT2D eigenvalue weighted by Gasteiger charge is 2.02. The van der Waals surface area contributed by atoms with E-state index in [4.69, 9.17) is 28.6 Å². The molecule has 1 N–H and O–H groups in total. The third-order valence-corrected chi connectivity index (χ3v) is 3.21. The van der Waals surface area contributed by atoms with Crippen LogP contribution in [0.2, 0.25) is 10.0 Å². The van der Waals surface area contributed by atoms with E-state index < -0.39 is 0 Å². The van der Waals surface area contributed by atoms with Crippen LogP contribution in [0.15, 0.2) is 23.3 Å². The lowest BCUT2D eigenvalue weighted by atomic mass is 10.2. The summed E-state index contributed by atoms with van der Waals surface area (Å²) in [7, 11) is 1.68. The lowest BCUT2D eigenvalue weighted by molar-refractivity contribution is 0.540. The molecule has 1 rings (SSSR count). The number of halogens is 2. The zero-order valence-electron chi connectivity index (χ0n) is 12.6. The normalized spacial score (nSPS) is 10.1. The van der Waals surface area contributed by atoms with Crippen LogP contribution in [-0.4, -0.2) is 24.1 Å². The van der Waals surface area contributed by atoms with Crippen LogP contribution >= 0.6 is 23.2 Å². The van der Waals surface area contributed by atoms with Gasteiger partial charge in [-0.05, 0) is 19.1 Å². The quantitative estimate of drug-likeness (QED) is 0.447. The van der Waals surface area contributed by atoms with Gasteiger partial charge in [0.2, 0.25) is 0 Å². The fourth-order valence-electron chi connectivity index (χ4n) is 1.22. The van der Waals surface area contributed by atoms with E-state index in [1.807, 2.05) is 0 Å². The van der Waals surface area contributed by atoms with Crippen molar-refractivity contribution in [3.05, 3.63) is 33.8 Å². The monoisotopic (exact) mass is 315 g/mol. The smallest absolute Gasteiger partial charge is 0.113 e. The molecule has 0 atom stereocenters. The second-order valence-corrected chi connectivity index (χ2v) is 5.16. The molecule has 0 aromatic heterocycles. The molecule has 0 spiro atoms. The Bertz CT molecular complexity index is 422. The molecule has 112 valence electrons. The zero-order chi connectivity index (χ0) is 15.5. The molecule has 0 bridgehead atoms. The fraction of sp³-hybridized carbons (Fsp3) is 0.467. The van der Waals surface area contributed by atoms with Crippen molar-refractivity contribution in [1.82, 2.24) is 5.01 Å². The SMILES string of the molecule is CC(=N)N(C)/N=C/c1c(Cl)cccc1Cl.CCCCC. The molecular formula is C15H23Cl2N3. The number of amidine groups is 1. The minimum Gasteiger partial charge on any atom is -0.287 e. The van der Waals surface area contributed by atoms with Gasteiger partial charge < -0.3 is 0 Å². The molecular weight excluding hydrogens is 293 g/mol. The van der Waals surface area contributed by atoms with Gasteiger partial charge in [0.05, 0.1) is 16.3 Å². The summed E-state index contributed by atoms with van der Waals surface area (Å²) in [5.41, 5.74) is 0.661. The molecule has 0 aliphatic carbocycles. The maximum atomic E-state index is 7.32. The summed E-state index contributed by atoms with van der Waals surface area (Å²) in [6.07, 6.45) is 5.62. The first-order chi connectivity index (χ1) is 9.43. The van der Waals surface area contributed by atoms with E-state index >= 15 is 0 Å². The number of hydrogen-bond acceptors (Lipinski definition) is 2. The van der Waals surface area contributed by atoms with Crippen molar-refractivity contribution in [2.24, 2.45) is 5.10 Å². The molecule has 0 aliphatic heterocycles. The largest absolute Gasteiger partial charge is 0.287 e. The van der Waals surface area contributed by atoms with Gasteiger partial charge in [0.1, 0.15) is 5.84 Å². The van der Waals surface area contributed by atoms with Gasteiger partial charge in [0, 0.05) is 12.6 Å². The van der Waals surface area contributed by atoms with Gasteiger partial charge in [0.25, 0.3) is 0 Å². The minimum atomic E-state index is 0.342.